The van der Waals surface area contributed by atoms with E-state index in [2.05, 4.69) is 21.2 Å². The van der Waals surface area contributed by atoms with Crippen molar-refractivity contribution in [2.45, 2.75) is 4.83 Å². The number of rotatable bonds is 2. The predicted molar refractivity (Wildman–Crippen MR) is 81.4 cm³/mol. The molecule has 1 unspecified atom stereocenters. The Morgan fingerprint density at radius 2 is 2.05 bits per heavy atom. The van der Waals surface area contributed by atoms with Crippen LogP contribution in [0.3, 0.4) is 0 Å². The molecule has 5 heteroatoms. The van der Waals surface area contributed by atoms with Crippen LogP contribution in [0.15, 0.2) is 42.5 Å². The van der Waals surface area contributed by atoms with E-state index in [1.807, 2.05) is 6.07 Å². The van der Waals surface area contributed by atoms with E-state index in [0.717, 1.165) is 5.56 Å². The zero-order valence-corrected chi connectivity index (χ0v) is 12.7. The van der Waals surface area contributed by atoms with Crippen molar-refractivity contribution in [3.05, 3.63) is 65.0 Å². The maximum absolute atomic E-state index is 13.9. The monoisotopic (exact) mass is 349 g/mol. The van der Waals surface area contributed by atoms with Crippen molar-refractivity contribution in [3.63, 3.8) is 0 Å². The average Bonchev–Trinajstić information content (AvgIpc) is 2.69. The first-order valence-electron chi connectivity index (χ1n) is 6.60. The fraction of sp³-hybridized carbons (Fsp3) is 0.188. The number of hydrogen-bond donors (Lipinski definition) is 1. The van der Waals surface area contributed by atoms with Gasteiger partial charge in [-0.1, -0.05) is 40.2 Å². The summed E-state index contributed by atoms with van der Waals surface area (Å²) in [5.41, 5.74) is 1.82. The van der Waals surface area contributed by atoms with E-state index in [0.29, 0.717) is 30.0 Å². The van der Waals surface area contributed by atoms with Crippen molar-refractivity contribution in [1.29, 1.82) is 0 Å². The van der Waals surface area contributed by atoms with Crippen LogP contribution < -0.4 is 10.1 Å². The van der Waals surface area contributed by atoms with Gasteiger partial charge in [0.1, 0.15) is 18.2 Å². The number of ether oxygens (including phenoxy) is 1. The first-order valence-corrected chi connectivity index (χ1v) is 7.52. The molecule has 2 aromatic carbocycles. The summed E-state index contributed by atoms with van der Waals surface area (Å²) in [5, 5.41) is 2.76. The van der Waals surface area contributed by atoms with E-state index >= 15 is 0 Å². The fourth-order valence-electron chi connectivity index (χ4n) is 2.29. The minimum Gasteiger partial charge on any atom is -0.491 e. The second kappa shape index (κ2) is 5.85. The maximum Gasteiger partial charge on any atom is 0.255 e. The Hall–Kier alpha value is -1.88. The van der Waals surface area contributed by atoms with Crippen molar-refractivity contribution >= 4 is 21.8 Å². The third kappa shape index (κ3) is 2.78. The molecule has 1 amide bonds. The zero-order valence-electron chi connectivity index (χ0n) is 11.1. The molecule has 1 heterocycles. The minimum absolute atomic E-state index is 0.169. The molecule has 0 saturated heterocycles. The Bertz CT molecular complexity index is 690. The molecule has 21 heavy (non-hydrogen) atoms. The Labute approximate surface area is 130 Å². The summed E-state index contributed by atoms with van der Waals surface area (Å²) >= 11 is 3.50. The number of nitrogens with one attached hydrogen (secondary N) is 1. The highest BCUT2D eigenvalue weighted by atomic mass is 79.9. The summed E-state index contributed by atoms with van der Waals surface area (Å²) in [6.45, 7) is 0.928. The summed E-state index contributed by atoms with van der Waals surface area (Å²) in [5.74, 6) is 0.106. The van der Waals surface area contributed by atoms with Gasteiger partial charge in [-0.05, 0) is 23.8 Å². The van der Waals surface area contributed by atoms with E-state index in [1.165, 1.54) is 6.07 Å². The van der Waals surface area contributed by atoms with Gasteiger partial charge in [-0.25, -0.2) is 4.39 Å². The quantitative estimate of drug-likeness (QED) is 0.843. The molecule has 2 aromatic rings. The number of hydrogen-bond acceptors (Lipinski definition) is 2. The van der Waals surface area contributed by atoms with Crippen LogP contribution in [0.1, 0.15) is 26.3 Å². The molecule has 0 bridgehead atoms. The molecule has 3 nitrogen and oxygen atoms in total. The standard InChI is InChI=1S/C16H13BrFNO2/c17-15(11-3-1-2-4-13(11)18)10-5-6-14-12(9-10)16(20)19-7-8-21-14/h1-6,9,15H,7-8H2,(H,19,20). The van der Waals surface area contributed by atoms with E-state index in [-0.39, 0.29) is 16.6 Å². The summed E-state index contributed by atoms with van der Waals surface area (Å²) in [4.78, 5) is 11.7. The molecular weight excluding hydrogens is 337 g/mol. The number of amides is 1. The van der Waals surface area contributed by atoms with Gasteiger partial charge in [0.25, 0.3) is 5.91 Å². The molecule has 1 aliphatic rings. The summed E-state index contributed by atoms with van der Waals surface area (Å²) < 4.78 is 19.4. The lowest BCUT2D eigenvalue weighted by atomic mass is 10.0. The molecule has 0 fully saturated rings. The highest BCUT2D eigenvalue weighted by molar-refractivity contribution is 9.09. The van der Waals surface area contributed by atoms with Crippen LogP contribution in [-0.4, -0.2) is 19.1 Å². The van der Waals surface area contributed by atoms with Crippen LogP contribution in [0.2, 0.25) is 0 Å². The number of benzene rings is 2. The van der Waals surface area contributed by atoms with Gasteiger partial charge < -0.3 is 10.1 Å². The number of carbonyl (C=O) groups excluding carboxylic acids is 1. The van der Waals surface area contributed by atoms with Gasteiger partial charge in [-0.15, -0.1) is 0 Å². The molecule has 108 valence electrons. The second-order valence-electron chi connectivity index (χ2n) is 4.74. The van der Waals surface area contributed by atoms with Crippen LogP contribution in [0.4, 0.5) is 4.39 Å². The predicted octanol–water partition coefficient (Wildman–Crippen LogP) is 3.43. The van der Waals surface area contributed by atoms with Crippen LogP contribution in [0.25, 0.3) is 0 Å². The maximum atomic E-state index is 13.9. The molecule has 3 rings (SSSR count). The lowest BCUT2D eigenvalue weighted by Gasteiger charge is -2.14. The normalized spacial score (nSPS) is 15.4. The number of halogens is 2. The molecule has 1 N–H and O–H groups in total. The van der Waals surface area contributed by atoms with Crippen LogP contribution in [0, 0.1) is 5.82 Å². The molecule has 0 saturated carbocycles. The second-order valence-corrected chi connectivity index (χ2v) is 5.66. The van der Waals surface area contributed by atoms with Crippen molar-refractivity contribution in [3.8, 4) is 5.75 Å². The zero-order chi connectivity index (χ0) is 14.8. The van der Waals surface area contributed by atoms with Crippen LogP contribution in [-0.2, 0) is 0 Å². The Morgan fingerprint density at radius 1 is 1.24 bits per heavy atom. The van der Waals surface area contributed by atoms with Gasteiger partial charge in [-0.2, -0.15) is 0 Å². The largest absolute Gasteiger partial charge is 0.491 e. The smallest absolute Gasteiger partial charge is 0.255 e. The summed E-state index contributed by atoms with van der Waals surface area (Å²) in [6, 6.07) is 11.9. The lowest BCUT2D eigenvalue weighted by molar-refractivity contribution is 0.0957. The van der Waals surface area contributed by atoms with Gasteiger partial charge in [-0.3, -0.25) is 4.79 Å². The lowest BCUT2D eigenvalue weighted by Crippen LogP contribution is -2.24. The van der Waals surface area contributed by atoms with Crippen LogP contribution >= 0.6 is 15.9 Å². The van der Waals surface area contributed by atoms with E-state index < -0.39 is 0 Å². The Kier molecular flexibility index (Phi) is 3.92. The van der Waals surface area contributed by atoms with Crippen molar-refractivity contribution in [2.24, 2.45) is 0 Å². The molecule has 0 aliphatic carbocycles. The number of fused-ring (bicyclic) bond motifs is 1. The van der Waals surface area contributed by atoms with Crippen LogP contribution in [0.5, 0.6) is 5.75 Å². The third-order valence-electron chi connectivity index (χ3n) is 3.36. The molecule has 0 aromatic heterocycles. The van der Waals surface area contributed by atoms with Crippen molar-refractivity contribution < 1.29 is 13.9 Å². The number of alkyl halides is 1. The highest BCUT2D eigenvalue weighted by Gasteiger charge is 2.20. The van der Waals surface area contributed by atoms with Gasteiger partial charge in [0.05, 0.1) is 16.9 Å². The SMILES string of the molecule is O=C1NCCOc2ccc(C(Br)c3ccccc3F)cc21. The number of carbonyl (C=O) groups is 1. The molecule has 1 atom stereocenters. The Balaban J connectivity index is 2.00. The van der Waals surface area contributed by atoms with Gasteiger partial charge in [0, 0.05) is 5.56 Å². The highest BCUT2D eigenvalue weighted by Crippen LogP contribution is 2.34. The average molecular weight is 350 g/mol. The van der Waals surface area contributed by atoms with Gasteiger partial charge in [0.15, 0.2) is 0 Å². The minimum atomic E-state index is -0.319. The topological polar surface area (TPSA) is 38.3 Å². The first-order chi connectivity index (χ1) is 10.2. The van der Waals surface area contributed by atoms with Gasteiger partial charge >= 0.3 is 0 Å². The molecule has 0 radical (unpaired) electrons. The Morgan fingerprint density at radius 3 is 2.86 bits per heavy atom. The molecular formula is C16H13BrFNO2. The van der Waals surface area contributed by atoms with E-state index in [9.17, 15) is 9.18 Å². The van der Waals surface area contributed by atoms with Crippen molar-refractivity contribution in [2.75, 3.05) is 13.2 Å². The van der Waals surface area contributed by atoms with Crippen molar-refractivity contribution in [1.82, 2.24) is 5.32 Å². The summed E-state index contributed by atoms with van der Waals surface area (Å²) in [6.07, 6.45) is 0. The van der Waals surface area contributed by atoms with E-state index in [4.69, 9.17) is 4.74 Å². The first kappa shape index (κ1) is 14.1. The molecule has 1 aliphatic heterocycles. The van der Waals surface area contributed by atoms with Gasteiger partial charge in [0.2, 0.25) is 0 Å². The summed E-state index contributed by atoms with van der Waals surface area (Å²) in [7, 11) is 0. The molecule has 0 spiro atoms. The fourth-order valence-corrected chi connectivity index (χ4v) is 2.95. The van der Waals surface area contributed by atoms with E-state index in [1.54, 1.807) is 30.3 Å². The third-order valence-corrected chi connectivity index (χ3v) is 4.39.